The molecule has 1 aromatic rings. The van der Waals surface area contributed by atoms with Crippen LogP contribution in [0.15, 0.2) is 22.7 Å². The van der Waals surface area contributed by atoms with Gasteiger partial charge in [0.25, 0.3) is 0 Å². The van der Waals surface area contributed by atoms with Crippen molar-refractivity contribution in [2.75, 3.05) is 6.54 Å². The molecule has 0 bridgehead atoms. The molecule has 0 saturated heterocycles. The van der Waals surface area contributed by atoms with Gasteiger partial charge >= 0.3 is 5.97 Å². The van der Waals surface area contributed by atoms with Crippen molar-refractivity contribution in [2.45, 2.75) is 13.3 Å². The van der Waals surface area contributed by atoms with E-state index in [1.54, 1.807) is 0 Å². The van der Waals surface area contributed by atoms with Crippen molar-refractivity contribution < 1.29 is 19.1 Å². The fraction of sp³-hybridized carbons (Fsp3) is 0.333. The van der Waals surface area contributed by atoms with Gasteiger partial charge in [-0.25, -0.2) is 4.39 Å². The van der Waals surface area contributed by atoms with E-state index in [0.717, 1.165) is 0 Å². The molecule has 1 amide bonds. The molecule has 18 heavy (non-hydrogen) atoms. The third kappa shape index (κ3) is 4.44. The number of rotatable bonds is 5. The van der Waals surface area contributed by atoms with E-state index in [2.05, 4.69) is 21.2 Å². The first kappa shape index (κ1) is 14.6. The van der Waals surface area contributed by atoms with Gasteiger partial charge in [-0.15, -0.1) is 0 Å². The summed E-state index contributed by atoms with van der Waals surface area (Å²) in [7, 11) is 0. The number of benzene rings is 1. The highest BCUT2D eigenvalue weighted by molar-refractivity contribution is 9.10. The molecular weight excluding hydrogens is 305 g/mol. The molecule has 98 valence electrons. The molecule has 1 rings (SSSR count). The lowest BCUT2D eigenvalue weighted by molar-refractivity contribution is -0.141. The summed E-state index contributed by atoms with van der Waals surface area (Å²) in [5, 5.41) is 11.2. The van der Waals surface area contributed by atoms with Crippen LogP contribution >= 0.6 is 15.9 Å². The van der Waals surface area contributed by atoms with Crippen molar-refractivity contribution in [1.29, 1.82) is 0 Å². The van der Waals surface area contributed by atoms with Gasteiger partial charge in [-0.2, -0.15) is 0 Å². The monoisotopic (exact) mass is 317 g/mol. The predicted molar refractivity (Wildman–Crippen MR) is 67.6 cm³/mol. The third-order valence-electron chi connectivity index (χ3n) is 2.38. The van der Waals surface area contributed by atoms with E-state index in [0.29, 0.717) is 10.0 Å². The molecule has 0 aliphatic rings. The van der Waals surface area contributed by atoms with Crippen LogP contribution < -0.4 is 5.32 Å². The highest BCUT2D eigenvalue weighted by Gasteiger charge is 2.12. The number of carbonyl (C=O) groups is 2. The van der Waals surface area contributed by atoms with Crippen LogP contribution in [-0.4, -0.2) is 23.5 Å². The lowest BCUT2D eigenvalue weighted by atomic mass is 10.1. The summed E-state index contributed by atoms with van der Waals surface area (Å²) >= 11 is 3.03. The second-order valence-corrected chi connectivity index (χ2v) is 4.82. The summed E-state index contributed by atoms with van der Waals surface area (Å²) in [6, 6.07) is 4.31. The lowest BCUT2D eigenvalue weighted by Crippen LogP contribution is -2.32. The number of halogens is 2. The molecule has 0 spiro atoms. The number of hydrogen-bond donors (Lipinski definition) is 2. The van der Waals surface area contributed by atoms with E-state index < -0.39 is 17.7 Å². The topological polar surface area (TPSA) is 66.4 Å². The zero-order chi connectivity index (χ0) is 13.7. The first-order valence-electron chi connectivity index (χ1n) is 5.33. The number of amides is 1. The Hall–Kier alpha value is -1.43. The van der Waals surface area contributed by atoms with Crippen molar-refractivity contribution in [1.82, 2.24) is 5.32 Å². The van der Waals surface area contributed by atoms with Crippen LogP contribution in [0.4, 0.5) is 4.39 Å². The largest absolute Gasteiger partial charge is 0.481 e. The summed E-state index contributed by atoms with van der Waals surface area (Å²) in [5.74, 6) is -2.27. The summed E-state index contributed by atoms with van der Waals surface area (Å²) in [5.41, 5.74) is 0.656. The van der Waals surface area contributed by atoms with Gasteiger partial charge in [-0.1, -0.05) is 13.0 Å². The number of aliphatic carboxylic acids is 1. The zero-order valence-electron chi connectivity index (χ0n) is 9.74. The Labute approximate surface area is 112 Å². The van der Waals surface area contributed by atoms with E-state index in [1.807, 2.05) is 0 Å². The van der Waals surface area contributed by atoms with Crippen LogP contribution in [0, 0.1) is 11.7 Å². The van der Waals surface area contributed by atoms with Crippen LogP contribution in [0.1, 0.15) is 12.5 Å². The molecule has 0 aromatic heterocycles. The Kier molecular flexibility index (Phi) is 5.27. The normalized spacial score (nSPS) is 11.9. The molecule has 0 aliphatic heterocycles. The van der Waals surface area contributed by atoms with Gasteiger partial charge < -0.3 is 10.4 Å². The Balaban J connectivity index is 2.49. The number of nitrogens with one attached hydrogen (secondary N) is 1. The third-order valence-corrected chi connectivity index (χ3v) is 2.98. The Morgan fingerprint density at radius 2 is 2.17 bits per heavy atom. The minimum absolute atomic E-state index is 0.0799. The molecule has 0 aliphatic carbocycles. The molecule has 0 fully saturated rings. The van der Waals surface area contributed by atoms with Crippen molar-refractivity contribution in [3.8, 4) is 0 Å². The van der Waals surface area contributed by atoms with Crippen molar-refractivity contribution in [2.24, 2.45) is 5.92 Å². The Morgan fingerprint density at radius 1 is 1.50 bits per heavy atom. The van der Waals surface area contributed by atoms with E-state index in [4.69, 9.17) is 5.11 Å². The molecule has 2 N–H and O–H groups in total. The molecule has 1 aromatic carbocycles. The van der Waals surface area contributed by atoms with Gasteiger partial charge in [-0.3, -0.25) is 9.59 Å². The number of hydrogen-bond acceptors (Lipinski definition) is 2. The van der Waals surface area contributed by atoms with E-state index in [1.165, 1.54) is 25.1 Å². The van der Waals surface area contributed by atoms with Crippen molar-refractivity contribution in [3.05, 3.63) is 34.1 Å². The van der Waals surface area contributed by atoms with Gasteiger partial charge in [0.05, 0.1) is 16.8 Å². The fourth-order valence-electron chi connectivity index (χ4n) is 1.25. The van der Waals surface area contributed by atoms with Gasteiger partial charge in [0.2, 0.25) is 5.91 Å². The standard InChI is InChI=1S/C12H13BrFNO3/c1-7(12(17)18)6-15-11(16)5-8-2-3-10(14)9(13)4-8/h2-4,7H,5-6H2,1H3,(H,15,16)(H,17,18)/t7-/m1/s1. The van der Waals surface area contributed by atoms with E-state index >= 15 is 0 Å². The summed E-state index contributed by atoms with van der Waals surface area (Å²) in [6.45, 7) is 1.59. The van der Waals surface area contributed by atoms with Crippen LogP contribution in [0.3, 0.4) is 0 Å². The predicted octanol–water partition coefficient (Wildman–Crippen LogP) is 1.97. The lowest BCUT2D eigenvalue weighted by Gasteiger charge is -2.08. The minimum atomic E-state index is -0.958. The SMILES string of the molecule is C[C@H](CNC(=O)Cc1ccc(F)c(Br)c1)C(=O)O. The molecule has 0 radical (unpaired) electrons. The minimum Gasteiger partial charge on any atom is -0.481 e. The molecule has 1 atom stereocenters. The maximum atomic E-state index is 13.0. The molecule has 0 unspecified atom stereocenters. The van der Waals surface area contributed by atoms with Crippen molar-refractivity contribution in [3.63, 3.8) is 0 Å². The van der Waals surface area contributed by atoms with Crippen LogP contribution in [0.2, 0.25) is 0 Å². The first-order valence-corrected chi connectivity index (χ1v) is 6.13. The van der Waals surface area contributed by atoms with Gasteiger partial charge in [-0.05, 0) is 33.6 Å². The Bertz CT molecular complexity index is 465. The second kappa shape index (κ2) is 6.49. The average Bonchev–Trinajstić information content (AvgIpc) is 2.30. The first-order chi connectivity index (χ1) is 8.40. The van der Waals surface area contributed by atoms with E-state index in [-0.39, 0.29) is 18.9 Å². The quantitative estimate of drug-likeness (QED) is 0.872. The average molecular weight is 318 g/mol. The van der Waals surface area contributed by atoms with Gasteiger partial charge in [0, 0.05) is 6.54 Å². The highest BCUT2D eigenvalue weighted by Crippen LogP contribution is 2.17. The summed E-state index contributed by atoms with van der Waals surface area (Å²) in [6.07, 6.45) is 0.0885. The maximum Gasteiger partial charge on any atom is 0.308 e. The zero-order valence-corrected chi connectivity index (χ0v) is 11.3. The van der Waals surface area contributed by atoms with Gasteiger partial charge in [0.15, 0.2) is 0 Å². The maximum absolute atomic E-state index is 13.0. The fourth-order valence-corrected chi connectivity index (χ4v) is 1.68. The van der Waals surface area contributed by atoms with E-state index in [9.17, 15) is 14.0 Å². The van der Waals surface area contributed by atoms with Crippen LogP contribution in [0.25, 0.3) is 0 Å². The number of carbonyl (C=O) groups excluding carboxylic acids is 1. The molecule has 6 heteroatoms. The molecule has 4 nitrogen and oxygen atoms in total. The summed E-state index contributed by atoms with van der Waals surface area (Å²) in [4.78, 5) is 22.1. The van der Waals surface area contributed by atoms with Crippen LogP contribution in [0.5, 0.6) is 0 Å². The van der Waals surface area contributed by atoms with Crippen molar-refractivity contribution >= 4 is 27.8 Å². The summed E-state index contributed by atoms with van der Waals surface area (Å²) < 4.78 is 13.3. The number of carboxylic acid groups (broad SMARTS) is 1. The number of carboxylic acids is 1. The molecule has 0 saturated carbocycles. The molecule has 0 heterocycles. The Morgan fingerprint density at radius 3 is 2.72 bits per heavy atom. The van der Waals surface area contributed by atoms with Gasteiger partial charge in [0.1, 0.15) is 5.82 Å². The van der Waals surface area contributed by atoms with Crippen LogP contribution in [-0.2, 0) is 16.0 Å². The molecular formula is C12H13BrFNO3. The highest BCUT2D eigenvalue weighted by atomic mass is 79.9. The second-order valence-electron chi connectivity index (χ2n) is 3.97. The smallest absolute Gasteiger partial charge is 0.308 e.